The van der Waals surface area contributed by atoms with Crippen LogP contribution in [0, 0.1) is 5.92 Å². The van der Waals surface area contributed by atoms with E-state index >= 15 is 0 Å². The van der Waals surface area contributed by atoms with Crippen LogP contribution >= 0.6 is 0 Å². The minimum absolute atomic E-state index is 0.239. The van der Waals surface area contributed by atoms with Crippen molar-refractivity contribution in [3.8, 4) is 0 Å². The van der Waals surface area contributed by atoms with Crippen LogP contribution in [0.3, 0.4) is 0 Å². The van der Waals surface area contributed by atoms with Crippen molar-refractivity contribution < 1.29 is 8.23 Å². The van der Waals surface area contributed by atoms with Gasteiger partial charge in [-0.15, -0.1) is 0 Å². The van der Waals surface area contributed by atoms with Crippen molar-refractivity contribution in [2.45, 2.75) is 19.0 Å². The van der Waals surface area contributed by atoms with Gasteiger partial charge in [0.05, 0.1) is 0 Å². The largest absolute Gasteiger partial charge is 0.466 e. The Morgan fingerprint density at radius 3 is 3.07 bits per heavy atom. The molecule has 14 heavy (non-hydrogen) atoms. The Bertz CT molecular complexity index is 208. The van der Waals surface area contributed by atoms with Crippen LogP contribution in [-0.2, 0) is 8.23 Å². The molecule has 2 atom stereocenters. The molecule has 0 amide bonds. The summed E-state index contributed by atoms with van der Waals surface area (Å²) >= 11 is 0. The van der Waals surface area contributed by atoms with Crippen molar-refractivity contribution in [2.24, 2.45) is 5.92 Å². The maximum absolute atomic E-state index is 5.87. The zero-order valence-electron chi connectivity index (χ0n) is 9.11. The first-order valence-corrected chi connectivity index (χ1v) is 13.1. The topological polar surface area (TPSA) is 18.5 Å². The van der Waals surface area contributed by atoms with Gasteiger partial charge in [0.25, 0.3) is 0 Å². The van der Waals surface area contributed by atoms with Crippen LogP contribution in [0.5, 0.6) is 0 Å². The highest BCUT2D eigenvalue weighted by Gasteiger charge is 2.07. The first-order valence-electron chi connectivity index (χ1n) is 5.26. The summed E-state index contributed by atoms with van der Waals surface area (Å²) in [7, 11) is -0.343. The summed E-state index contributed by atoms with van der Waals surface area (Å²) < 4.78 is 11.3. The Kier molecular flexibility index (Phi) is 6.65. The molecule has 6 heteroatoms. The van der Waals surface area contributed by atoms with Gasteiger partial charge >= 0.3 is 0 Å². The first-order chi connectivity index (χ1) is 6.83. The lowest BCUT2D eigenvalue weighted by Crippen LogP contribution is -2.25. The van der Waals surface area contributed by atoms with Crippen LogP contribution in [0.4, 0.5) is 0 Å². The lowest BCUT2D eigenvalue weighted by molar-refractivity contribution is 0.602. The first kappa shape index (κ1) is 12.3. The van der Waals surface area contributed by atoms with Gasteiger partial charge in [-0.3, -0.25) is 0 Å². The predicted octanol–water partition coefficient (Wildman–Crippen LogP) is -1.13. The van der Waals surface area contributed by atoms with E-state index in [0.29, 0.717) is 0 Å². The molecule has 2 nitrogen and oxygen atoms in total. The van der Waals surface area contributed by atoms with Crippen LogP contribution < -0.4 is 0 Å². The van der Waals surface area contributed by atoms with E-state index in [-0.39, 0.29) is 19.0 Å². The number of allylic oxidation sites excluding steroid dienone is 4. The lowest BCUT2D eigenvalue weighted by atomic mass is 10.0. The number of hydrogen-bond donors (Lipinski definition) is 0. The molecule has 0 aliphatic heterocycles. The van der Waals surface area contributed by atoms with Crippen LogP contribution in [0.1, 0.15) is 6.42 Å². The molecule has 0 fully saturated rings. The predicted molar refractivity (Wildman–Crippen MR) is 73.4 cm³/mol. The average Bonchev–Trinajstić information content (AvgIpc) is 2.25. The highest BCUT2D eigenvalue weighted by atomic mass is 29.2. The Morgan fingerprint density at radius 1 is 1.57 bits per heavy atom. The van der Waals surface area contributed by atoms with Gasteiger partial charge in [0, 0.05) is 0 Å². The van der Waals surface area contributed by atoms with E-state index in [2.05, 4.69) is 30.9 Å². The monoisotopic (exact) mass is 260 g/mol. The van der Waals surface area contributed by atoms with E-state index in [0.717, 1.165) is 16.4 Å². The quantitative estimate of drug-likeness (QED) is 0.444. The van der Waals surface area contributed by atoms with E-state index in [1.807, 2.05) is 0 Å². The fourth-order valence-electron chi connectivity index (χ4n) is 1.40. The Morgan fingerprint density at radius 2 is 2.43 bits per heavy atom. The molecule has 1 aliphatic rings. The van der Waals surface area contributed by atoms with Crippen molar-refractivity contribution in [2.75, 3.05) is 0 Å². The summed E-state index contributed by atoms with van der Waals surface area (Å²) in [5.41, 5.74) is 0. The van der Waals surface area contributed by atoms with E-state index in [1.165, 1.54) is 12.5 Å². The van der Waals surface area contributed by atoms with Crippen LogP contribution in [0.15, 0.2) is 24.3 Å². The normalized spacial score (nSPS) is 24.5. The van der Waals surface area contributed by atoms with Crippen molar-refractivity contribution in [1.82, 2.24) is 0 Å². The van der Waals surface area contributed by atoms with Gasteiger partial charge < -0.3 is 8.23 Å². The molecule has 1 aliphatic carbocycles. The minimum atomic E-state index is -0.774. The Balaban J connectivity index is 1.98. The molecule has 0 spiro atoms. The van der Waals surface area contributed by atoms with Gasteiger partial charge in [-0.2, -0.15) is 0 Å². The second-order valence-corrected chi connectivity index (χ2v) is 14.6. The molecule has 0 aromatic rings. The third kappa shape index (κ3) is 5.22. The van der Waals surface area contributed by atoms with Gasteiger partial charge in [0.2, 0.25) is 0 Å². The fourth-order valence-corrected chi connectivity index (χ4v) is 11.0. The maximum Gasteiger partial charge on any atom is 0.170 e. The van der Waals surface area contributed by atoms with Crippen LogP contribution in [0.25, 0.3) is 0 Å². The van der Waals surface area contributed by atoms with E-state index < -0.39 is 8.56 Å². The third-order valence-corrected chi connectivity index (χ3v) is 15.7. The summed E-state index contributed by atoms with van der Waals surface area (Å²) in [6.07, 6.45) is 10.1. The second kappa shape index (κ2) is 7.55. The zero-order chi connectivity index (χ0) is 10.2. The number of rotatable bonds is 6. The molecular formula is C8H20O2Si4. The molecule has 0 N–H and O–H groups in total. The second-order valence-electron chi connectivity index (χ2n) is 3.72. The van der Waals surface area contributed by atoms with Crippen molar-refractivity contribution in [3.05, 3.63) is 24.3 Å². The van der Waals surface area contributed by atoms with Crippen molar-refractivity contribution in [3.63, 3.8) is 0 Å². The summed E-state index contributed by atoms with van der Waals surface area (Å²) in [6.45, 7) is 2.27. The molecule has 0 aromatic carbocycles. The van der Waals surface area contributed by atoms with Crippen LogP contribution in [-0.4, -0.2) is 38.1 Å². The van der Waals surface area contributed by atoms with E-state index in [4.69, 9.17) is 8.23 Å². The average molecular weight is 261 g/mol. The summed E-state index contributed by atoms with van der Waals surface area (Å²) in [6, 6.07) is 1.32. The summed E-state index contributed by atoms with van der Waals surface area (Å²) in [5.74, 6) is 0.773. The zero-order valence-corrected chi connectivity index (χ0v) is 15.1. The van der Waals surface area contributed by atoms with Crippen molar-refractivity contribution >= 4 is 38.1 Å². The van der Waals surface area contributed by atoms with Crippen molar-refractivity contribution in [1.29, 1.82) is 0 Å². The number of hydrogen-bond acceptors (Lipinski definition) is 2. The summed E-state index contributed by atoms with van der Waals surface area (Å²) in [4.78, 5) is 0. The van der Waals surface area contributed by atoms with Gasteiger partial charge in [-0.1, -0.05) is 30.9 Å². The smallest absolute Gasteiger partial charge is 0.170 e. The molecular weight excluding hydrogens is 240 g/mol. The molecule has 0 bridgehead atoms. The molecule has 2 unspecified atom stereocenters. The van der Waals surface area contributed by atoms with Gasteiger partial charge in [-0.05, 0) is 18.4 Å². The van der Waals surface area contributed by atoms with Gasteiger partial charge in [-0.25, -0.2) is 0 Å². The molecule has 0 aromatic heterocycles. The summed E-state index contributed by atoms with van der Waals surface area (Å²) in [5, 5.41) is 0. The minimum Gasteiger partial charge on any atom is -0.466 e. The lowest BCUT2D eigenvalue weighted by Gasteiger charge is -2.13. The Labute approximate surface area is 95.7 Å². The highest BCUT2D eigenvalue weighted by molar-refractivity contribution is 7.07. The highest BCUT2D eigenvalue weighted by Crippen LogP contribution is 2.15. The SMILES string of the molecule is C[SiH](O[SiH3])[SiH2]O[SiH2]CC1C=CC=CC1. The molecule has 1 rings (SSSR count). The molecule has 0 radical (unpaired) electrons. The fraction of sp³-hybridized carbons (Fsp3) is 0.500. The standard InChI is InChI=1S/C8H20O2Si4/c1-14(9-11)13-10-12-7-8-5-3-2-4-6-8/h2-5,8,14H,6-7,12-13H2,1,11H3. The van der Waals surface area contributed by atoms with E-state index in [9.17, 15) is 0 Å². The Hall–Kier alpha value is 0.268. The van der Waals surface area contributed by atoms with Crippen LogP contribution in [0.2, 0.25) is 12.6 Å². The molecule has 0 saturated heterocycles. The maximum atomic E-state index is 5.87. The third-order valence-electron chi connectivity index (χ3n) is 2.46. The van der Waals surface area contributed by atoms with E-state index in [1.54, 1.807) is 0 Å². The molecule has 0 heterocycles. The van der Waals surface area contributed by atoms with Gasteiger partial charge in [0.15, 0.2) is 17.8 Å². The van der Waals surface area contributed by atoms with Gasteiger partial charge in [0.1, 0.15) is 20.2 Å². The molecule has 0 saturated carbocycles. The molecule has 80 valence electrons.